The van der Waals surface area contributed by atoms with Crippen molar-refractivity contribution < 1.29 is 8.42 Å². The highest BCUT2D eigenvalue weighted by molar-refractivity contribution is 7.92. The predicted octanol–water partition coefficient (Wildman–Crippen LogP) is 2.37. The van der Waals surface area contributed by atoms with Crippen molar-refractivity contribution >= 4 is 9.84 Å². The van der Waals surface area contributed by atoms with Gasteiger partial charge in [-0.1, -0.05) is 20.8 Å². The first kappa shape index (κ1) is 14.3. The van der Waals surface area contributed by atoms with Crippen molar-refractivity contribution in [3.63, 3.8) is 0 Å². The molecule has 1 N–H and O–H groups in total. The summed E-state index contributed by atoms with van der Waals surface area (Å²) in [5.41, 5.74) is 0.393. The van der Waals surface area contributed by atoms with Gasteiger partial charge >= 0.3 is 0 Å². The Morgan fingerprint density at radius 1 is 1.28 bits per heavy atom. The molecule has 1 saturated carbocycles. The molecule has 4 heteroatoms. The van der Waals surface area contributed by atoms with Crippen LogP contribution in [0.1, 0.15) is 52.9 Å². The zero-order valence-corrected chi connectivity index (χ0v) is 12.7. The standard InChI is InChI=1S/C14H27NO2S/c1-11-7-12(9-14(2,3)8-11)15-10-13-5-4-6-18(13,16)17/h11-13,15H,4-10H2,1-3H3. The van der Waals surface area contributed by atoms with E-state index in [2.05, 4.69) is 26.1 Å². The Bertz CT molecular complexity index is 389. The summed E-state index contributed by atoms with van der Waals surface area (Å²) < 4.78 is 23.6. The molecule has 106 valence electrons. The molecule has 2 rings (SSSR count). The molecule has 3 unspecified atom stereocenters. The third-order valence-corrected chi connectivity index (χ3v) is 6.76. The lowest BCUT2D eigenvalue weighted by Crippen LogP contribution is -2.43. The van der Waals surface area contributed by atoms with Crippen LogP contribution in [-0.4, -0.2) is 32.0 Å². The van der Waals surface area contributed by atoms with Crippen molar-refractivity contribution in [3.05, 3.63) is 0 Å². The van der Waals surface area contributed by atoms with E-state index in [0.717, 1.165) is 18.8 Å². The maximum absolute atomic E-state index is 11.8. The summed E-state index contributed by atoms with van der Waals surface area (Å²) in [4.78, 5) is 0. The van der Waals surface area contributed by atoms with Gasteiger partial charge in [0.1, 0.15) is 0 Å². The Morgan fingerprint density at radius 3 is 2.56 bits per heavy atom. The fourth-order valence-electron chi connectivity index (χ4n) is 3.89. The van der Waals surface area contributed by atoms with Crippen molar-refractivity contribution in [2.24, 2.45) is 11.3 Å². The molecule has 2 fully saturated rings. The zero-order chi connectivity index (χ0) is 13.4. The van der Waals surface area contributed by atoms with Crippen LogP contribution in [0.15, 0.2) is 0 Å². The van der Waals surface area contributed by atoms with Gasteiger partial charge in [-0.05, 0) is 43.4 Å². The first-order chi connectivity index (χ1) is 8.28. The lowest BCUT2D eigenvalue weighted by Gasteiger charge is -2.39. The minimum Gasteiger partial charge on any atom is -0.313 e. The maximum atomic E-state index is 11.8. The van der Waals surface area contributed by atoms with Crippen molar-refractivity contribution in [3.8, 4) is 0 Å². The number of hydrogen-bond acceptors (Lipinski definition) is 3. The molecule has 3 atom stereocenters. The van der Waals surface area contributed by atoms with E-state index in [4.69, 9.17) is 0 Å². The molecule has 18 heavy (non-hydrogen) atoms. The quantitative estimate of drug-likeness (QED) is 0.858. The third-order valence-electron chi connectivity index (χ3n) is 4.48. The van der Waals surface area contributed by atoms with Crippen LogP contribution < -0.4 is 5.32 Å². The normalized spacial score (nSPS) is 38.7. The number of hydrogen-bond donors (Lipinski definition) is 1. The molecule has 0 radical (unpaired) electrons. The summed E-state index contributed by atoms with van der Waals surface area (Å²) >= 11 is 0. The monoisotopic (exact) mass is 273 g/mol. The highest BCUT2D eigenvalue weighted by Gasteiger charge is 2.34. The average molecular weight is 273 g/mol. The van der Waals surface area contributed by atoms with Crippen LogP contribution in [0.2, 0.25) is 0 Å². The molecule has 0 aromatic rings. The van der Waals surface area contributed by atoms with Crippen molar-refractivity contribution in [2.75, 3.05) is 12.3 Å². The van der Waals surface area contributed by atoms with E-state index in [-0.39, 0.29) is 5.25 Å². The van der Waals surface area contributed by atoms with Gasteiger partial charge < -0.3 is 5.32 Å². The molecule has 3 nitrogen and oxygen atoms in total. The molecular weight excluding hydrogens is 246 g/mol. The highest BCUT2D eigenvalue weighted by Crippen LogP contribution is 2.38. The third kappa shape index (κ3) is 3.47. The van der Waals surface area contributed by atoms with Gasteiger partial charge in [0.25, 0.3) is 0 Å². The lowest BCUT2D eigenvalue weighted by atomic mass is 9.70. The van der Waals surface area contributed by atoms with E-state index in [1.807, 2.05) is 0 Å². The fraction of sp³-hybridized carbons (Fsp3) is 1.00. The summed E-state index contributed by atoms with van der Waals surface area (Å²) in [6.45, 7) is 7.62. The molecule has 2 aliphatic rings. The van der Waals surface area contributed by atoms with Gasteiger partial charge in [0.05, 0.1) is 11.0 Å². The predicted molar refractivity (Wildman–Crippen MR) is 75.4 cm³/mol. The van der Waals surface area contributed by atoms with E-state index in [1.54, 1.807) is 0 Å². The lowest BCUT2D eigenvalue weighted by molar-refractivity contribution is 0.152. The van der Waals surface area contributed by atoms with Crippen molar-refractivity contribution in [2.45, 2.75) is 64.2 Å². The Balaban J connectivity index is 1.87. The van der Waals surface area contributed by atoms with E-state index in [1.165, 1.54) is 19.3 Å². The Labute approximate surface area is 112 Å². The van der Waals surface area contributed by atoms with Gasteiger partial charge in [0.15, 0.2) is 9.84 Å². The molecule has 1 saturated heterocycles. The average Bonchev–Trinajstić information content (AvgIpc) is 2.51. The molecule has 1 aliphatic heterocycles. The fourth-order valence-corrected chi connectivity index (χ4v) is 5.67. The van der Waals surface area contributed by atoms with Gasteiger partial charge in [-0.2, -0.15) is 0 Å². The summed E-state index contributed by atoms with van der Waals surface area (Å²) in [5.74, 6) is 1.14. The Morgan fingerprint density at radius 2 is 2.00 bits per heavy atom. The SMILES string of the molecule is CC1CC(NCC2CCCS2(=O)=O)CC(C)(C)C1. The number of rotatable bonds is 3. The van der Waals surface area contributed by atoms with Crippen LogP contribution in [-0.2, 0) is 9.84 Å². The van der Waals surface area contributed by atoms with Gasteiger partial charge in [0.2, 0.25) is 0 Å². The molecule has 0 aromatic carbocycles. The molecule has 0 bridgehead atoms. The smallest absolute Gasteiger partial charge is 0.154 e. The first-order valence-corrected chi connectivity index (χ1v) is 8.95. The second-order valence-corrected chi connectivity index (χ2v) is 9.55. The summed E-state index contributed by atoms with van der Waals surface area (Å²) in [5, 5.41) is 3.40. The topological polar surface area (TPSA) is 46.2 Å². The minimum atomic E-state index is -2.79. The first-order valence-electron chi connectivity index (χ1n) is 7.23. The molecular formula is C14H27NO2S. The van der Waals surface area contributed by atoms with E-state index in [9.17, 15) is 8.42 Å². The van der Waals surface area contributed by atoms with Gasteiger partial charge in [-0.3, -0.25) is 0 Å². The van der Waals surface area contributed by atoms with Crippen LogP contribution in [0.5, 0.6) is 0 Å². The zero-order valence-electron chi connectivity index (χ0n) is 11.9. The van der Waals surface area contributed by atoms with E-state index < -0.39 is 9.84 Å². The highest BCUT2D eigenvalue weighted by atomic mass is 32.2. The second kappa shape index (κ2) is 5.12. The number of sulfone groups is 1. The second-order valence-electron chi connectivity index (χ2n) is 7.15. The van der Waals surface area contributed by atoms with Crippen molar-refractivity contribution in [1.29, 1.82) is 0 Å². The van der Waals surface area contributed by atoms with Crippen LogP contribution in [0.3, 0.4) is 0 Å². The van der Waals surface area contributed by atoms with Crippen LogP contribution >= 0.6 is 0 Å². The molecule has 1 heterocycles. The van der Waals surface area contributed by atoms with Crippen LogP contribution in [0, 0.1) is 11.3 Å². The number of nitrogens with one attached hydrogen (secondary N) is 1. The molecule has 0 amide bonds. The summed E-state index contributed by atoms with van der Waals surface area (Å²) in [6, 6.07) is 0.500. The van der Waals surface area contributed by atoms with E-state index in [0.29, 0.717) is 23.8 Å². The van der Waals surface area contributed by atoms with Gasteiger partial charge in [-0.15, -0.1) is 0 Å². The Hall–Kier alpha value is -0.0900. The maximum Gasteiger partial charge on any atom is 0.154 e. The molecule has 1 aliphatic carbocycles. The minimum absolute atomic E-state index is 0.127. The Kier molecular flexibility index (Phi) is 4.07. The van der Waals surface area contributed by atoms with Crippen LogP contribution in [0.4, 0.5) is 0 Å². The molecule has 0 spiro atoms. The molecule has 0 aromatic heterocycles. The summed E-state index contributed by atoms with van der Waals surface area (Å²) in [6.07, 6.45) is 5.34. The summed E-state index contributed by atoms with van der Waals surface area (Å²) in [7, 11) is -2.79. The van der Waals surface area contributed by atoms with E-state index >= 15 is 0 Å². The van der Waals surface area contributed by atoms with Gasteiger partial charge in [0, 0.05) is 12.6 Å². The van der Waals surface area contributed by atoms with Crippen molar-refractivity contribution in [1.82, 2.24) is 5.32 Å². The van der Waals surface area contributed by atoms with Crippen LogP contribution in [0.25, 0.3) is 0 Å². The van der Waals surface area contributed by atoms with Gasteiger partial charge in [-0.25, -0.2) is 8.42 Å². The largest absolute Gasteiger partial charge is 0.313 e.